The van der Waals surface area contributed by atoms with Gasteiger partial charge >= 0.3 is 6.18 Å². The van der Waals surface area contributed by atoms with Crippen molar-refractivity contribution >= 4 is 5.91 Å². The number of carbonyl (C=O) groups excluding carboxylic acids is 1. The maximum Gasteiger partial charge on any atom is 0.416 e. The monoisotopic (exact) mass is 314 g/mol. The van der Waals surface area contributed by atoms with Crippen molar-refractivity contribution in [1.29, 1.82) is 0 Å². The van der Waals surface area contributed by atoms with Crippen LogP contribution in [-0.2, 0) is 17.4 Å². The van der Waals surface area contributed by atoms with E-state index in [9.17, 15) is 18.0 Å². The molecular formula is C16H21F3N2O. The smallest absolute Gasteiger partial charge is 0.342 e. The minimum absolute atomic E-state index is 0.0480. The molecule has 2 rings (SSSR count). The lowest BCUT2D eigenvalue weighted by Gasteiger charge is -2.32. The number of benzene rings is 1. The molecule has 0 bridgehead atoms. The van der Waals surface area contributed by atoms with E-state index in [1.165, 1.54) is 12.1 Å². The molecular weight excluding hydrogens is 293 g/mol. The van der Waals surface area contributed by atoms with Crippen LogP contribution in [0.25, 0.3) is 0 Å². The Morgan fingerprint density at radius 3 is 2.32 bits per heavy atom. The zero-order chi connectivity index (χ0) is 16.3. The Bertz CT molecular complexity index is 505. The summed E-state index contributed by atoms with van der Waals surface area (Å²) in [5.74, 6) is -0.196. The number of rotatable bonds is 3. The molecule has 22 heavy (non-hydrogen) atoms. The molecule has 1 aromatic rings. The van der Waals surface area contributed by atoms with Crippen molar-refractivity contribution in [2.75, 3.05) is 13.1 Å². The number of likely N-dealkylation sites (tertiary alicyclic amines) is 1. The van der Waals surface area contributed by atoms with E-state index in [0.29, 0.717) is 19.5 Å². The number of nitrogens with zero attached hydrogens (tertiary/aromatic N) is 1. The van der Waals surface area contributed by atoms with Crippen molar-refractivity contribution in [2.45, 2.75) is 38.4 Å². The van der Waals surface area contributed by atoms with E-state index in [1.807, 2.05) is 6.92 Å². The van der Waals surface area contributed by atoms with Crippen molar-refractivity contribution in [3.63, 3.8) is 0 Å². The largest absolute Gasteiger partial charge is 0.416 e. The number of alkyl halides is 3. The first kappa shape index (κ1) is 16.8. The average molecular weight is 314 g/mol. The molecule has 0 saturated carbocycles. The van der Waals surface area contributed by atoms with Crippen LogP contribution < -0.4 is 5.73 Å². The molecule has 0 spiro atoms. The van der Waals surface area contributed by atoms with Gasteiger partial charge in [0.2, 0.25) is 5.91 Å². The molecule has 1 fully saturated rings. The third-order valence-electron chi connectivity index (χ3n) is 4.10. The van der Waals surface area contributed by atoms with E-state index in [0.717, 1.165) is 30.5 Å². The Labute approximate surface area is 128 Å². The second kappa shape index (κ2) is 6.69. The first-order chi connectivity index (χ1) is 10.3. The highest BCUT2D eigenvalue weighted by atomic mass is 19.4. The predicted molar refractivity (Wildman–Crippen MR) is 78.1 cm³/mol. The van der Waals surface area contributed by atoms with Gasteiger partial charge in [0.05, 0.1) is 5.56 Å². The van der Waals surface area contributed by atoms with Crippen molar-refractivity contribution in [3.8, 4) is 0 Å². The molecule has 3 nitrogen and oxygen atoms in total. The van der Waals surface area contributed by atoms with Gasteiger partial charge in [-0.15, -0.1) is 0 Å². The minimum Gasteiger partial charge on any atom is -0.342 e. The van der Waals surface area contributed by atoms with Crippen LogP contribution in [0.2, 0.25) is 0 Å². The molecule has 1 amide bonds. The van der Waals surface area contributed by atoms with Crippen LogP contribution in [0.15, 0.2) is 24.3 Å². The number of hydrogen-bond acceptors (Lipinski definition) is 2. The number of carbonyl (C=O) groups is 1. The maximum absolute atomic E-state index is 12.5. The van der Waals surface area contributed by atoms with Crippen LogP contribution in [0.3, 0.4) is 0 Å². The summed E-state index contributed by atoms with van der Waals surface area (Å²) >= 11 is 0. The minimum atomic E-state index is -4.33. The standard InChI is InChI=1S/C16H21F3N2O/c1-11(15(22)21-8-6-14(20)7-9-21)10-12-2-4-13(5-3-12)16(17,18)19/h2-5,11,14H,6-10,20H2,1H3. The van der Waals surface area contributed by atoms with Crippen LogP contribution in [0.4, 0.5) is 13.2 Å². The Balaban J connectivity index is 1.93. The first-order valence-electron chi connectivity index (χ1n) is 7.48. The number of hydrogen-bond donors (Lipinski definition) is 1. The number of amides is 1. The summed E-state index contributed by atoms with van der Waals surface area (Å²) in [6, 6.07) is 5.17. The van der Waals surface area contributed by atoms with Gasteiger partial charge < -0.3 is 10.6 Å². The topological polar surface area (TPSA) is 46.3 Å². The maximum atomic E-state index is 12.5. The molecule has 1 unspecified atom stereocenters. The van der Waals surface area contributed by atoms with E-state index in [4.69, 9.17) is 5.73 Å². The third kappa shape index (κ3) is 4.22. The summed E-state index contributed by atoms with van der Waals surface area (Å²) < 4.78 is 37.5. The molecule has 2 N–H and O–H groups in total. The first-order valence-corrected chi connectivity index (χ1v) is 7.48. The molecule has 1 atom stereocenters. The third-order valence-corrected chi connectivity index (χ3v) is 4.10. The van der Waals surface area contributed by atoms with Crippen LogP contribution in [0.5, 0.6) is 0 Å². The van der Waals surface area contributed by atoms with E-state index in [-0.39, 0.29) is 17.9 Å². The predicted octanol–water partition coefficient (Wildman–Crippen LogP) is 2.83. The Hall–Kier alpha value is -1.56. The van der Waals surface area contributed by atoms with Crippen LogP contribution in [0, 0.1) is 5.92 Å². The quantitative estimate of drug-likeness (QED) is 0.932. The molecule has 1 aliphatic heterocycles. The van der Waals surface area contributed by atoms with E-state index < -0.39 is 11.7 Å². The number of halogens is 3. The van der Waals surface area contributed by atoms with Gasteiger partial charge in [-0.2, -0.15) is 13.2 Å². The summed E-state index contributed by atoms with van der Waals surface area (Å²) in [7, 11) is 0. The zero-order valence-electron chi connectivity index (χ0n) is 12.6. The molecule has 0 aliphatic carbocycles. The molecule has 0 radical (unpaired) electrons. The highest BCUT2D eigenvalue weighted by Gasteiger charge is 2.30. The van der Waals surface area contributed by atoms with Gasteiger partial charge in [-0.1, -0.05) is 19.1 Å². The van der Waals surface area contributed by atoms with E-state index >= 15 is 0 Å². The van der Waals surface area contributed by atoms with Crippen molar-refractivity contribution in [1.82, 2.24) is 4.90 Å². The van der Waals surface area contributed by atoms with Crippen molar-refractivity contribution in [3.05, 3.63) is 35.4 Å². The van der Waals surface area contributed by atoms with Crippen molar-refractivity contribution < 1.29 is 18.0 Å². The molecule has 1 saturated heterocycles. The molecule has 6 heteroatoms. The zero-order valence-corrected chi connectivity index (χ0v) is 12.6. The van der Waals surface area contributed by atoms with Gasteiger partial charge in [-0.05, 0) is 37.0 Å². The second-order valence-corrected chi connectivity index (χ2v) is 5.96. The SMILES string of the molecule is CC(Cc1ccc(C(F)(F)F)cc1)C(=O)N1CCC(N)CC1. The fourth-order valence-corrected chi connectivity index (χ4v) is 2.70. The van der Waals surface area contributed by atoms with Gasteiger partial charge in [-0.3, -0.25) is 4.79 Å². The molecule has 1 aromatic carbocycles. The Kier molecular flexibility index (Phi) is 5.11. The Morgan fingerprint density at radius 1 is 1.27 bits per heavy atom. The lowest BCUT2D eigenvalue weighted by molar-refractivity contribution is -0.138. The molecule has 0 aromatic heterocycles. The average Bonchev–Trinajstić information content (AvgIpc) is 2.47. The van der Waals surface area contributed by atoms with Gasteiger partial charge in [0, 0.05) is 25.0 Å². The second-order valence-electron chi connectivity index (χ2n) is 5.96. The van der Waals surface area contributed by atoms with Gasteiger partial charge in [0.1, 0.15) is 0 Å². The molecule has 1 aliphatic rings. The van der Waals surface area contributed by atoms with E-state index in [1.54, 1.807) is 4.90 Å². The molecule has 122 valence electrons. The summed E-state index contributed by atoms with van der Waals surface area (Å²) in [5, 5.41) is 0. The van der Waals surface area contributed by atoms with Gasteiger partial charge in [0.25, 0.3) is 0 Å². The molecule has 1 heterocycles. The van der Waals surface area contributed by atoms with Crippen LogP contribution in [0.1, 0.15) is 30.9 Å². The summed E-state index contributed by atoms with van der Waals surface area (Å²) in [5.41, 5.74) is 5.89. The lowest BCUT2D eigenvalue weighted by Crippen LogP contribution is -2.45. The van der Waals surface area contributed by atoms with Gasteiger partial charge in [0.15, 0.2) is 0 Å². The highest BCUT2D eigenvalue weighted by Crippen LogP contribution is 2.29. The highest BCUT2D eigenvalue weighted by molar-refractivity contribution is 5.78. The fourth-order valence-electron chi connectivity index (χ4n) is 2.70. The summed E-state index contributed by atoms with van der Waals surface area (Å²) in [6.07, 6.45) is -2.27. The van der Waals surface area contributed by atoms with Gasteiger partial charge in [-0.25, -0.2) is 0 Å². The summed E-state index contributed by atoms with van der Waals surface area (Å²) in [4.78, 5) is 14.1. The lowest BCUT2D eigenvalue weighted by atomic mass is 9.97. The van der Waals surface area contributed by atoms with Crippen LogP contribution >= 0.6 is 0 Å². The van der Waals surface area contributed by atoms with Crippen molar-refractivity contribution in [2.24, 2.45) is 11.7 Å². The van der Waals surface area contributed by atoms with E-state index in [2.05, 4.69) is 0 Å². The van der Waals surface area contributed by atoms with Crippen LogP contribution in [-0.4, -0.2) is 29.9 Å². The number of nitrogens with two attached hydrogens (primary N) is 1. The summed E-state index contributed by atoms with van der Waals surface area (Å²) in [6.45, 7) is 3.14. The fraction of sp³-hybridized carbons (Fsp3) is 0.562. The Morgan fingerprint density at radius 2 is 1.82 bits per heavy atom. The number of piperidine rings is 1. The normalized spacial score (nSPS) is 18.3.